The Bertz CT molecular complexity index is 1250. The summed E-state index contributed by atoms with van der Waals surface area (Å²) in [5, 5.41) is 5.01. The fraction of sp³-hybridized carbons (Fsp3) is 0.185. The molecule has 0 fully saturated rings. The summed E-state index contributed by atoms with van der Waals surface area (Å²) in [6, 6.07) is 23.2. The Morgan fingerprint density at radius 2 is 1.73 bits per heavy atom. The number of carbonyl (C=O) groups excluding carboxylic acids is 1. The van der Waals surface area contributed by atoms with E-state index in [1.165, 1.54) is 5.56 Å². The number of nitrogens with zero attached hydrogens (tertiary/aromatic N) is 1. The number of pyridine rings is 1. The minimum Gasteiger partial charge on any atom is -0.489 e. The number of nitrogens with one attached hydrogen (secondary N) is 3. The summed E-state index contributed by atoms with van der Waals surface area (Å²) in [5.74, 6) is 1.66. The first-order chi connectivity index (χ1) is 16.0. The van der Waals surface area contributed by atoms with Crippen molar-refractivity contribution in [3.05, 3.63) is 95.7 Å². The van der Waals surface area contributed by atoms with Gasteiger partial charge in [-0.05, 0) is 47.2 Å². The average molecular weight is 441 g/mol. The SMILES string of the molecule is CNNc1ncc(COc2cccc(C(=O)Nc3ccc(C(C)C)cc3)c2)c2ccccc12. The first-order valence-electron chi connectivity index (χ1n) is 11.0. The Morgan fingerprint density at radius 3 is 2.45 bits per heavy atom. The lowest BCUT2D eigenvalue weighted by Gasteiger charge is -2.13. The summed E-state index contributed by atoms with van der Waals surface area (Å²) >= 11 is 0. The van der Waals surface area contributed by atoms with Crippen LogP contribution in [0.4, 0.5) is 11.5 Å². The van der Waals surface area contributed by atoms with Crippen LogP contribution in [0.25, 0.3) is 10.8 Å². The zero-order chi connectivity index (χ0) is 23.2. The summed E-state index contributed by atoms with van der Waals surface area (Å²) in [4.78, 5) is 17.2. The zero-order valence-electron chi connectivity index (χ0n) is 19.1. The molecule has 168 valence electrons. The molecular formula is C27H28N4O2. The first kappa shape index (κ1) is 22.3. The van der Waals surface area contributed by atoms with E-state index in [2.05, 4.69) is 35.0 Å². The maximum Gasteiger partial charge on any atom is 0.255 e. The van der Waals surface area contributed by atoms with Gasteiger partial charge in [0.15, 0.2) is 0 Å². The van der Waals surface area contributed by atoms with E-state index in [0.29, 0.717) is 23.8 Å². The molecule has 0 aliphatic heterocycles. The van der Waals surface area contributed by atoms with Crippen LogP contribution in [0.5, 0.6) is 5.75 Å². The number of aromatic nitrogens is 1. The van der Waals surface area contributed by atoms with Crippen molar-refractivity contribution < 1.29 is 9.53 Å². The predicted molar refractivity (Wildman–Crippen MR) is 134 cm³/mol. The Labute approximate surface area is 194 Å². The standard InChI is InChI=1S/C27H28N4O2/c1-18(2)19-11-13-22(14-12-19)30-27(32)20-7-6-8-23(15-20)33-17-21-16-29-26(31-28-3)25-10-5-4-9-24(21)25/h4-16,18,28H,17H2,1-3H3,(H,29,31)(H,30,32). The van der Waals surface area contributed by atoms with Crippen molar-refractivity contribution >= 4 is 28.2 Å². The van der Waals surface area contributed by atoms with E-state index in [1.54, 1.807) is 25.4 Å². The van der Waals surface area contributed by atoms with Crippen LogP contribution < -0.4 is 20.9 Å². The molecule has 0 atom stereocenters. The fourth-order valence-corrected chi connectivity index (χ4v) is 3.63. The van der Waals surface area contributed by atoms with Gasteiger partial charge in [-0.1, -0.05) is 56.3 Å². The van der Waals surface area contributed by atoms with Gasteiger partial charge >= 0.3 is 0 Å². The van der Waals surface area contributed by atoms with Crippen molar-refractivity contribution in [3.63, 3.8) is 0 Å². The number of rotatable bonds is 8. The maximum absolute atomic E-state index is 12.7. The molecule has 4 rings (SSSR count). The molecule has 1 heterocycles. The van der Waals surface area contributed by atoms with E-state index in [1.807, 2.05) is 60.7 Å². The summed E-state index contributed by atoms with van der Waals surface area (Å²) < 4.78 is 6.03. The predicted octanol–water partition coefficient (Wildman–Crippen LogP) is 5.74. The third kappa shape index (κ3) is 5.30. The monoisotopic (exact) mass is 440 g/mol. The van der Waals surface area contributed by atoms with E-state index in [0.717, 1.165) is 27.8 Å². The van der Waals surface area contributed by atoms with Crippen molar-refractivity contribution in [3.8, 4) is 5.75 Å². The van der Waals surface area contributed by atoms with Crippen molar-refractivity contribution in [1.82, 2.24) is 10.4 Å². The molecule has 1 amide bonds. The smallest absolute Gasteiger partial charge is 0.255 e. The Kier molecular flexibility index (Phi) is 6.86. The van der Waals surface area contributed by atoms with Crippen LogP contribution in [-0.4, -0.2) is 17.9 Å². The second-order valence-corrected chi connectivity index (χ2v) is 8.10. The van der Waals surface area contributed by atoms with Crippen LogP contribution in [0.3, 0.4) is 0 Å². The second kappa shape index (κ2) is 10.1. The third-order valence-corrected chi connectivity index (χ3v) is 5.45. The summed E-state index contributed by atoms with van der Waals surface area (Å²) in [7, 11) is 1.80. The van der Waals surface area contributed by atoms with Gasteiger partial charge in [0.05, 0.1) is 0 Å². The van der Waals surface area contributed by atoms with E-state index < -0.39 is 0 Å². The van der Waals surface area contributed by atoms with Crippen LogP contribution >= 0.6 is 0 Å². The van der Waals surface area contributed by atoms with Crippen LogP contribution in [0.15, 0.2) is 79.0 Å². The number of benzene rings is 3. The van der Waals surface area contributed by atoms with Gasteiger partial charge < -0.3 is 15.5 Å². The van der Waals surface area contributed by atoms with Gasteiger partial charge in [-0.25, -0.2) is 10.4 Å². The summed E-state index contributed by atoms with van der Waals surface area (Å²) in [6.45, 7) is 4.63. The highest BCUT2D eigenvalue weighted by Gasteiger charge is 2.10. The molecule has 0 saturated carbocycles. The lowest BCUT2D eigenvalue weighted by Crippen LogP contribution is -2.16. The van der Waals surface area contributed by atoms with Crippen LogP contribution in [0.1, 0.15) is 41.3 Å². The van der Waals surface area contributed by atoms with Crippen molar-refractivity contribution in [2.24, 2.45) is 0 Å². The zero-order valence-corrected chi connectivity index (χ0v) is 19.1. The van der Waals surface area contributed by atoms with E-state index in [-0.39, 0.29) is 5.91 Å². The molecule has 0 bridgehead atoms. The number of hydrogen-bond donors (Lipinski definition) is 3. The number of fused-ring (bicyclic) bond motifs is 1. The molecule has 1 aromatic heterocycles. The molecule has 0 radical (unpaired) electrons. The largest absolute Gasteiger partial charge is 0.489 e. The highest BCUT2D eigenvalue weighted by atomic mass is 16.5. The number of hydrazine groups is 1. The minimum atomic E-state index is -0.174. The molecule has 3 aromatic carbocycles. The van der Waals surface area contributed by atoms with Gasteiger partial charge in [-0.15, -0.1) is 0 Å². The quantitative estimate of drug-likeness (QED) is 0.305. The van der Waals surface area contributed by atoms with E-state index in [9.17, 15) is 4.79 Å². The van der Waals surface area contributed by atoms with E-state index in [4.69, 9.17) is 4.74 Å². The van der Waals surface area contributed by atoms with Crippen LogP contribution in [0.2, 0.25) is 0 Å². The molecule has 0 aliphatic carbocycles. The fourth-order valence-electron chi connectivity index (χ4n) is 3.63. The Morgan fingerprint density at radius 1 is 0.970 bits per heavy atom. The van der Waals surface area contributed by atoms with Crippen molar-refractivity contribution in [1.29, 1.82) is 0 Å². The average Bonchev–Trinajstić information content (AvgIpc) is 2.84. The lowest BCUT2D eigenvalue weighted by molar-refractivity contribution is 0.102. The molecule has 0 unspecified atom stereocenters. The van der Waals surface area contributed by atoms with Gasteiger partial charge in [-0.3, -0.25) is 4.79 Å². The number of hydrogen-bond acceptors (Lipinski definition) is 5. The number of carbonyl (C=O) groups is 1. The molecule has 6 heteroatoms. The Balaban J connectivity index is 1.46. The molecule has 0 saturated heterocycles. The van der Waals surface area contributed by atoms with Gasteiger partial charge in [0, 0.05) is 35.4 Å². The maximum atomic E-state index is 12.7. The third-order valence-electron chi connectivity index (χ3n) is 5.45. The lowest BCUT2D eigenvalue weighted by atomic mass is 10.0. The van der Waals surface area contributed by atoms with Gasteiger partial charge in [-0.2, -0.15) is 0 Å². The number of amides is 1. The van der Waals surface area contributed by atoms with Crippen LogP contribution in [-0.2, 0) is 6.61 Å². The molecule has 3 N–H and O–H groups in total. The highest BCUT2D eigenvalue weighted by molar-refractivity contribution is 6.04. The van der Waals surface area contributed by atoms with Crippen molar-refractivity contribution in [2.75, 3.05) is 17.8 Å². The highest BCUT2D eigenvalue weighted by Crippen LogP contribution is 2.25. The van der Waals surface area contributed by atoms with Gasteiger partial charge in [0.1, 0.15) is 18.2 Å². The minimum absolute atomic E-state index is 0.174. The Hall–Kier alpha value is -3.90. The van der Waals surface area contributed by atoms with Crippen LogP contribution in [0, 0.1) is 0 Å². The van der Waals surface area contributed by atoms with Gasteiger partial charge in [0.25, 0.3) is 5.91 Å². The number of anilines is 2. The first-order valence-corrected chi connectivity index (χ1v) is 11.0. The van der Waals surface area contributed by atoms with Gasteiger partial charge in [0.2, 0.25) is 0 Å². The normalized spacial score (nSPS) is 10.9. The molecule has 33 heavy (non-hydrogen) atoms. The summed E-state index contributed by atoms with van der Waals surface area (Å²) in [6.07, 6.45) is 1.80. The second-order valence-electron chi connectivity index (χ2n) is 8.10. The summed E-state index contributed by atoms with van der Waals surface area (Å²) in [5.41, 5.74) is 9.47. The van der Waals surface area contributed by atoms with E-state index >= 15 is 0 Å². The topological polar surface area (TPSA) is 75.3 Å². The van der Waals surface area contributed by atoms with Crippen molar-refractivity contribution in [2.45, 2.75) is 26.4 Å². The molecule has 0 spiro atoms. The molecular weight excluding hydrogens is 412 g/mol. The molecule has 4 aromatic rings. The number of ether oxygens (including phenoxy) is 1. The molecule has 6 nitrogen and oxygen atoms in total. The molecule has 0 aliphatic rings.